The zero-order valence-electron chi connectivity index (χ0n) is 21.3. The molecule has 0 aromatic carbocycles. The summed E-state index contributed by atoms with van der Waals surface area (Å²) in [6, 6.07) is 0.561. The van der Waals surface area contributed by atoms with Gasteiger partial charge in [-0.2, -0.15) is 17.9 Å². The first kappa shape index (κ1) is 29.5. The summed E-state index contributed by atoms with van der Waals surface area (Å²) in [7, 11) is -3.45. The Morgan fingerprint density at radius 3 is 2.74 bits per heavy atom. The van der Waals surface area contributed by atoms with Crippen LogP contribution in [0.1, 0.15) is 11.4 Å². The van der Waals surface area contributed by atoms with Crippen molar-refractivity contribution in [2.45, 2.75) is 28.5 Å². The first-order valence-electron chi connectivity index (χ1n) is 11.4. The van der Waals surface area contributed by atoms with E-state index >= 15 is 0 Å². The number of thioether (sulfide) groups is 2. The van der Waals surface area contributed by atoms with E-state index in [9.17, 15) is 32.5 Å². The molecule has 22 heteroatoms. The molecular weight excluding hydrogens is 639 g/mol. The summed E-state index contributed by atoms with van der Waals surface area (Å²) in [5, 5.41) is 20.0. The molecule has 2 aliphatic heterocycles. The van der Waals surface area contributed by atoms with Gasteiger partial charge in [-0.05, 0) is 13.0 Å². The molecule has 3 aromatic rings. The van der Waals surface area contributed by atoms with Crippen molar-refractivity contribution in [2.24, 2.45) is 5.16 Å². The molecule has 0 unspecified atom stereocenters. The maximum Gasteiger partial charge on any atom is 0.512 e. The predicted molar refractivity (Wildman–Crippen MR) is 147 cm³/mol. The lowest BCUT2D eigenvalue weighted by molar-refractivity contribution is -0.148. The number of nitrogens with one attached hydrogen (secondary N) is 1. The fourth-order valence-electron chi connectivity index (χ4n) is 3.92. The Labute approximate surface area is 248 Å². The minimum Gasteiger partial charge on any atom is -0.449 e. The Morgan fingerprint density at radius 2 is 2.10 bits per heavy atom. The molecule has 5 rings (SSSR count). The third kappa shape index (κ3) is 5.70. The number of nitrogens with zero attached hydrogens (tertiary/aromatic N) is 7. The molecule has 3 aromatic heterocycles. The van der Waals surface area contributed by atoms with E-state index in [0.29, 0.717) is 16.3 Å². The Morgan fingerprint density at radius 1 is 1.33 bits per heavy atom. The summed E-state index contributed by atoms with van der Waals surface area (Å²) in [5.41, 5.74) is 6.51. The lowest BCUT2D eigenvalue weighted by atomic mass is 10.1. The number of oxime groups is 1. The molecule has 5 N–H and O–H groups in total. The van der Waals surface area contributed by atoms with E-state index in [4.69, 9.17) is 15.3 Å². The van der Waals surface area contributed by atoms with Gasteiger partial charge in [0.15, 0.2) is 10.8 Å². The average Bonchev–Trinajstić information content (AvgIpc) is 3.55. The van der Waals surface area contributed by atoms with E-state index in [2.05, 4.69) is 30.5 Å². The van der Waals surface area contributed by atoms with Crippen molar-refractivity contribution in [1.29, 1.82) is 0 Å². The number of fused-ring (bicyclic) bond motifs is 2. The smallest absolute Gasteiger partial charge is 0.449 e. The number of carbonyl (C=O) groups is 3. The average molecular weight is 658 g/mol. The van der Waals surface area contributed by atoms with E-state index < -0.39 is 44.7 Å². The van der Waals surface area contributed by atoms with Gasteiger partial charge in [-0.15, -0.1) is 40.0 Å². The lowest BCUT2D eigenvalue weighted by Gasteiger charge is -2.49. The number of aromatic nitrogens is 5. The molecule has 0 radical (unpaired) electrons. The van der Waals surface area contributed by atoms with Gasteiger partial charge >= 0.3 is 16.3 Å². The molecule has 18 nitrogen and oxygen atoms in total. The zero-order chi connectivity index (χ0) is 30.3. The van der Waals surface area contributed by atoms with Crippen LogP contribution in [-0.2, 0) is 29.3 Å². The summed E-state index contributed by atoms with van der Waals surface area (Å²) >= 11 is 3.47. The van der Waals surface area contributed by atoms with Crippen molar-refractivity contribution in [3.8, 4) is 0 Å². The second-order valence-corrected chi connectivity index (χ2v) is 12.7. The molecule has 42 heavy (non-hydrogen) atoms. The van der Waals surface area contributed by atoms with Gasteiger partial charge in [-0.1, -0.05) is 5.16 Å². The van der Waals surface area contributed by atoms with Crippen molar-refractivity contribution < 1.29 is 42.0 Å². The van der Waals surface area contributed by atoms with Crippen LogP contribution in [-0.4, -0.2) is 101 Å². The largest absolute Gasteiger partial charge is 0.512 e. The number of rotatable bonds is 9. The number of thiazole rings is 1. The molecule has 1 fully saturated rings. The van der Waals surface area contributed by atoms with Crippen LogP contribution < -0.4 is 11.1 Å². The van der Waals surface area contributed by atoms with E-state index in [1.807, 2.05) is 0 Å². The molecule has 1 saturated heterocycles. The number of hydrogen-bond donors (Lipinski definition) is 4. The number of hydrogen-bond acceptors (Lipinski definition) is 16. The molecule has 222 valence electrons. The van der Waals surface area contributed by atoms with Gasteiger partial charge in [0.2, 0.25) is 5.88 Å². The summed E-state index contributed by atoms with van der Waals surface area (Å²) in [6.07, 6.45) is -1.65. The standard InChI is InChI=1S/C20H19N9O9S4/c1-7-3-10(29-18(22-7)25-19(26-29)42(34,35)36)39-4-8-5-40-16-12(14(31)28(16)15(8)38-20(32)33)24-13(30)11(27-37-2)9-6-41-17(21)23-9/h3,6,12,16H,4-5H2,1-2H3,(H2,21,23)(H,24,30)(H,32,33)(H,34,35,36)/b27-11-/t12-,16-/m1/s1. The SMILES string of the molecule is CO/N=C(\C(=O)N[C@@H]1C(=O)N2C(OC(=O)O)=C(CSc3cc(C)nc4nc(S(=O)(=O)O)nn34)CS[C@H]12)c1csc(N)n1. The van der Waals surface area contributed by atoms with Crippen molar-refractivity contribution in [3.05, 3.63) is 34.3 Å². The number of carboxylic acid groups (broad SMARTS) is 1. The van der Waals surface area contributed by atoms with Gasteiger partial charge in [0.25, 0.3) is 22.7 Å². The number of carbonyl (C=O) groups excluding carboxylic acids is 2. The third-order valence-corrected chi connectivity index (χ3v) is 9.37. The molecular formula is C20H19N9O9S4. The van der Waals surface area contributed by atoms with Crippen LogP contribution in [0.5, 0.6) is 0 Å². The van der Waals surface area contributed by atoms with Crippen LogP contribution in [0.3, 0.4) is 0 Å². The lowest BCUT2D eigenvalue weighted by Crippen LogP contribution is -2.70. The van der Waals surface area contributed by atoms with Crippen LogP contribution in [0.25, 0.3) is 5.78 Å². The Hall–Kier alpha value is -3.99. The van der Waals surface area contributed by atoms with Gasteiger partial charge in [-0.25, -0.2) is 14.8 Å². The highest BCUT2D eigenvalue weighted by molar-refractivity contribution is 8.01. The van der Waals surface area contributed by atoms with Gasteiger partial charge in [0.05, 0.1) is 0 Å². The second-order valence-electron chi connectivity index (χ2n) is 8.44. The first-order chi connectivity index (χ1) is 19.9. The van der Waals surface area contributed by atoms with Crippen LogP contribution >= 0.6 is 34.9 Å². The molecule has 2 aliphatic rings. The first-order valence-corrected chi connectivity index (χ1v) is 15.8. The van der Waals surface area contributed by atoms with Crippen molar-refractivity contribution in [3.63, 3.8) is 0 Å². The monoisotopic (exact) mass is 657 g/mol. The van der Waals surface area contributed by atoms with Gasteiger partial charge < -0.3 is 25.7 Å². The highest BCUT2D eigenvalue weighted by Crippen LogP contribution is 2.42. The summed E-state index contributed by atoms with van der Waals surface area (Å²) < 4.78 is 38.4. The van der Waals surface area contributed by atoms with Crippen LogP contribution in [0.4, 0.5) is 9.93 Å². The number of β-lactam (4-membered cyclic amide) rings is 1. The van der Waals surface area contributed by atoms with Crippen molar-refractivity contribution in [2.75, 3.05) is 24.3 Å². The second kappa shape index (κ2) is 11.4. The van der Waals surface area contributed by atoms with Gasteiger partial charge in [0.1, 0.15) is 29.2 Å². The minimum absolute atomic E-state index is 0.0765. The van der Waals surface area contributed by atoms with E-state index in [1.54, 1.807) is 13.0 Å². The molecule has 5 heterocycles. The fourth-order valence-corrected chi connectivity index (χ4v) is 7.35. The van der Waals surface area contributed by atoms with Crippen molar-refractivity contribution >= 4 is 79.6 Å². The molecule has 2 amide bonds. The number of ether oxygens (including phenoxy) is 1. The molecule has 2 atom stereocenters. The highest BCUT2D eigenvalue weighted by Gasteiger charge is 2.54. The number of anilines is 1. The van der Waals surface area contributed by atoms with E-state index in [-0.39, 0.29) is 39.7 Å². The molecule has 0 spiro atoms. The van der Waals surface area contributed by atoms with Gasteiger partial charge in [0, 0.05) is 28.2 Å². The van der Waals surface area contributed by atoms with E-state index in [1.165, 1.54) is 24.3 Å². The van der Waals surface area contributed by atoms with Crippen LogP contribution in [0.2, 0.25) is 0 Å². The molecule has 0 saturated carbocycles. The number of amides is 2. The van der Waals surface area contributed by atoms with Crippen LogP contribution in [0, 0.1) is 6.92 Å². The fraction of sp³-hybridized carbons (Fsp3) is 0.300. The zero-order valence-corrected chi connectivity index (χ0v) is 24.6. The van der Waals surface area contributed by atoms with Crippen molar-refractivity contribution in [1.82, 2.24) is 34.8 Å². The topological polar surface area (TPSA) is 254 Å². The number of aryl methyl sites for hydroxylation is 1. The quantitative estimate of drug-likeness (QED) is 0.0455. The van der Waals surface area contributed by atoms with Gasteiger partial charge in [-0.3, -0.25) is 19.0 Å². The van der Waals surface area contributed by atoms with E-state index in [0.717, 1.165) is 32.5 Å². The Bertz CT molecular complexity index is 1790. The summed E-state index contributed by atoms with van der Waals surface area (Å²) in [6.45, 7) is 1.64. The molecule has 0 bridgehead atoms. The van der Waals surface area contributed by atoms with Crippen LogP contribution in [0.15, 0.2) is 38.2 Å². The normalized spacial score (nSPS) is 19.0. The summed E-state index contributed by atoms with van der Waals surface area (Å²) in [4.78, 5) is 55.4. The number of nitrogens with two attached hydrogens (primary N) is 1. The molecule has 0 aliphatic carbocycles. The predicted octanol–water partition coefficient (Wildman–Crippen LogP) is 0.167. The number of nitrogen functional groups attached to an aromatic ring is 1. The maximum atomic E-state index is 13.1. The Balaban J connectivity index is 1.37. The highest BCUT2D eigenvalue weighted by atomic mass is 32.2. The Kier molecular flexibility index (Phi) is 7.98. The summed E-state index contributed by atoms with van der Waals surface area (Å²) in [5.74, 6) is -1.33. The maximum absolute atomic E-state index is 13.1. The minimum atomic E-state index is -4.69. The third-order valence-electron chi connectivity index (χ3n) is 5.64.